The van der Waals surface area contributed by atoms with Crippen LogP contribution in [0.25, 0.3) is 0 Å². The zero-order valence-electron chi connectivity index (χ0n) is 13.2. The zero-order chi connectivity index (χ0) is 18.5. The van der Waals surface area contributed by atoms with Gasteiger partial charge < -0.3 is 15.7 Å². The van der Waals surface area contributed by atoms with Gasteiger partial charge in [-0.25, -0.2) is 14.8 Å². The Hall–Kier alpha value is -4.08. The van der Waals surface area contributed by atoms with Gasteiger partial charge in [-0.1, -0.05) is 0 Å². The number of carboxylic acid groups (broad SMARTS) is 1. The first-order chi connectivity index (χ1) is 12.5. The fourth-order valence-electron chi connectivity index (χ4n) is 2.14. The molecule has 0 fully saturated rings. The number of pyridine rings is 1. The number of carboxylic acids is 1. The molecule has 26 heavy (non-hydrogen) atoms. The average Bonchev–Trinajstić information content (AvgIpc) is 2.63. The topological polar surface area (TPSA) is 143 Å². The van der Waals surface area contributed by atoms with Crippen molar-refractivity contribution in [3.63, 3.8) is 0 Å². The van der Waals surface area contributed by atoms with Crippen molar-refractivity contribution in [1.82, 2.24) is 15.0 Å². The minimum atomic E-state index is -1.06. The molecule has 3 N–H and O–H groups in total. The predicted molar refractivity (Wildman–Crippen MR) is 92.9 cm³/mol. The summed E-state index contributed by atoms with van der Waals surface area (Å²) in [5.74, 6) is -1.09. The molecular weight excluding hydrogens is 340 g/mol. The van der Waals surface area contributed by atoms with E-state index in [2.05, 4.69) is 25.6 Å². The zero-order valence-corrected chi connectivity index (χ0v) is 13.2. The summed E-state index contributed by atoms with van der Waals surface area (Å²) < 4.78 is 0. The first-order valence-electron chi connectivity index (χ1n) is 7.31. The molecule has 0 saturated heterocycles. The summed E-state index contributed by atoms with van der Waals surface area (Å²) >= 11 is 0. The molecule has 2 heterocycles. The lowest BCUT2D eigenvalue weighted by Crippen LogP contribution is -2.05. The maximum atomic E-state index is 11.5. The number of nitro groups is 1. The summed E-state index contributed by atoms with van der Waals surface area (Å²) in [7, 11) is 0. The molecule has 0 saturated carbocycles. The number of hydrogen-bond acceptors (Lipinski definition) is 8. The van der Waals surface area contributed by atoms with Crippen LogP contribution in [0.4, 0.5) is 28.7 Å². The Bertz CT molecular complexity index is 947. The lowest BCUT2D eigenvalue weighted by atomic mass is 10.2. The monoisotopic (exact) mass is 352 g/mol. The standard InChI is InChI=1S/C16H12N6O4/c23-16(24)10-3-5-11(6-4-10)20-14-13(22(25)26)15(19-9-18-14)21-12-2-1-7-17-8-12/h1-9H,(H,23,24)(H2,18,19,20,21). The second-order valence-electron chi connectivity index (χ2n) is 5.05. The van der Waals surface area contributed by atoms with Crippen molar-refractivity contribution >= 4 is 34.7 Å². The Morgan fingerprint density at radius 2 is 1.69 bits per heavy atom. The summed E-state index contributed by atoms with van der Waals surface area (Å²) in [5.41, 5.74) is 0.737. The first kappa shape index (κ1) is 16.8. The Morgan fingerprint density at radius 3 is 2.23 bits per heavy atom. The van der Waals surface area contributed by atoms with Crippen LogP contribution in [0.2, 0.25) is 0 Å². The van der Waals surface area contributed by atoms with E-state index in [1.54, 1.807) is 18.3 Å². The number of anilines is 4. The number of carbonyl (C=O) groups is 1. The lowest BCUT2D eigenvalue weighted by molar-refractivity contribution is -0.383. The molecule has 1 aromatic carbocycles. The summed E-state index contributed by atoms with van der Waals surface area (Å²) in [4.78, 5) is 33.6. The van der Waals surface area contributed by atoms with Crippen molar-refractivity contribution in [1.29, 1.82) is 0 Å². The van der Waals surface area contributed by atoms with E-state index in [0.29, 0.717) is 11.4 Å². The molecule has 0 radical (unpaired) electrons. The fourth-order valence-corrected chi connectivity index (χ4v) is 2.14. The van der Waals surface area contributed by atoms with E-state index in [1.807, 2.05) is 0 Å². The van der Waals surface area contributed by atoms with E-state index in [-0.39, 0.29) is 22.9 Å². The highest BCUT2D eigenvalue weighted by Crippen LogP contribution is 2.32. The van der Waals surface area contributed by atoms with Crippen LogP contribution in [0.15, 0.2) is 55.1 Å². The van der Waals surface area contributed by atoms with Crippen molar-refractivity contribution in [2.75, 3.05) is 10.6 Å². The maximum Gasteiger partial charge on any atom is 0.353 e. The number of aromatic nitrogens is 3. The molecule has 10 nitrogen and oxygen atoms in total. The molecule has 0 atom stereocenters. The molecule has 3 rings (SSSR count). The fraction of sp³-hybridized carbons (Fsp3) is 0. The van der Waals surface area contributed by atoms with Crippen LogP contribution in [0.5, 0.6) is 0 Å². The normalized spacial score (nSPS) is 10.2. The molecule has 2 aromatic heterocycles. The average molecular weight is 352 g/mol. The van der Waals surface area contributed by atoms with E-state index < -0.39 is 10.9 Å². The highest BCUT2D eigenvalue weighted by molar-refractivity contribution is 5.88. The van der Waals surface area contributed by atoms with Crippen LogP contribution in [0.1, 0.15) is 10.4 Å². The smallest absolute Gasteiger partial charge is 0.353 e. The van der Waals surface area contributed by atoms with Crippen molar-refractivity contribution < 1.29 is 14.8 Å². The lowest BCUT2D eigenvalue weighted by Gasteiger charge is -2.10. The molecule has 0 unspecified atom stereocenters. The van der Waals surface area contributed by atoms with Crippen molar-refractivity contribution in [3.8, 4) is 0 Å². The van der Waals surface area contributed by atoms with E-state index in [9.17, 15) is 14.9 Å². The van der Waals surface area contributed by atoms with Gasteiger partial charge in [0.1, 0.15) is 6.33 Å². The third kappa shape index (κ3) is 3.70. The number of benzene rings is 1. The second-order valence-corrected chi connectivity index (χ2v) is 5.05. The Balaban J connectivity index is 1.92. The van der Waals surface area contributed by atoms with Crippen molar-refractivity contribution in [2.45, 2.75) is 0 Å². The molecule has 0 aliphatic carbocycles. The number of nitrogens with zero attached hydrogens (tertiary/aromatic N) is 4. The van der Waals surface area contributed by atoms with Crippen LogP contribution in [0.3, 0.4) is 0 Å². The molecule has 130 valence electrons. The third-order valence-corrected chi connectivity index (χ3v) is 3.32. The van der Waals surface area contributed by atoms with Gasteiger partial charge in [-0.2, -0.15) is 0 Å². The number of rotatable bonds is 6. The van der Waals surface area contributed by atoms with Crippen molar-refractivity contribution in [2.24, 2.45) is 0 Å². The highest BCUT2D eigenvalue weighted by atomic mass is 16.6. The van der Waals surface area contributed by atoms with E-state index in [1.165, 1.54) is 36.8 Å². The van der Waals surface area contributed by atoms with Crippen molar-refractivity contribution in [3.05, 3.63) is 70.8 Å². The second kappa shape index (κ2) is 7.21. The molecule has 0 aliphatic rings. The molecule has 0 bridgehead atoms. The third-order valence-electron chi connectivity index (χ3n) is 3.32. The first-order valence-corrected chi connectivity index (χ1v) is 7.31. The molecule has 3 aromatic rings. The van der Waals surface area contributed by atoms with Crippen LogP contribution in [-0.4, -0.2) is 31.0 Å². The maximum absolute atomic E-state index is 11.5. The number of aromatic carboxylic acids is 1. The van der Waals surface area contributed by atoms with Crippen LogP contribution < -0.4 is 10.6 Å². The Kier molecular flexibility index (Phi) is 4.65. The molecule has 0 amide bonds. The predicted octanol–water partition coefficient (Wildman–Crippen LogP) is 2.97. The van der Waals surface area contributed by atoms with Gasteiger partial charge >= 0.3 is 11.7 Å². The van der Waals surface area contributed by atoms with E-state index >= 15 is 0 Å². The van der Waals surface area contributed by atoms with Crippen LogP contribution in [0, 0.1) is 10.1 Å². The number of nitrogens with one attached hydrogen (secondary N) is 2. The summed E-state index contributed by atoms with van der Waals surface area (Å²) in [6.45, 7) is 0. The summed E-state index contributed by atoms with van der Waals surface area (Å²) in [5, 5.41) is 26.1. The highest BCUT2D eigenvalue weighted by Gasteiger charge is 2.23. The van der Waals surface area contributed by atoms with Gasteiger partial charge in [0.25, 0.3) is 0 Å². The van der Waals surface area contributed by atoms with Gasteiger partial charge in [-0.05, 0) is 36.4 Å². The van der Waals surface area contributed by atoms with E-state index in [4.69, 9.17) is 5.11 Å². The van der Waals surface area contributed by atoms with Crippen LogP contribution in [-0.2, 0) is 0 Å². The Labute approximate surface area is 146 Å². The summed E-state index contributed by atoms with van der Waals surface area (Å²) in [6, 6.07) is 9.11. The van der Waals surface area contributed by atoms with E-state index in [0.717, 1.165) is 0 Å². The van der Waals surface area contributed by atoms with Gasteiger partial charge in [0.05, 0.1) is 22.4 Å². The minimum Gasteiger partial charge on any atom is -0.478 e. The van der Waals surface area contributed by atoms with Crippen LogP contribution >= 0.6 is 0 Å². The Morgan fingerprint density at radius 1 is 1.04 bits per heavy atom. The molecular formula is C16H12N6O4. The largest absolute Gasteiger partial charge is 0.478 e. The van der Waals surface area contributed by atoms with Gasteiger partial charge in [-0.3, -0.25) is 15.1 Å². The number of hydrogen-bond donors (Lipinski definition) is 3. The SMILES string of the molecule is O=C(O)c1ccc(Nc2ncnc(Nc3cccnc3)c2[N+](=O)[O-])cc1. The molecule has 0 spiro atoms. The molecule has 10 heteroatoms. The van der Waals surface area contributed by atoms with Gasteiger partial charge in [0.2, 0.25) is 11.6 Å². The quantitative estimate of drug-likeness (QED) is 0.450. The van der Waals surface area contributed by atoms with Gasteiger partial charge in [0.15, 0.2) is 0 Å². The van der Waals surface area contributed by atoms with Gasteiger partial charge in [0, 0.05) is 11.9 Å². The molecule has 0 aliphatic heterocycles. The minimum absolute atomic E-state index is 0.00246. The van der Waals surface area contributed by atoms with Gasteiger partial charge in [-0.15, -0.1) is 0 Å². The summed E-state index contributed by atoms with van der Waals surface area (Å²) in [6.07, 6.45) is 4.26.